The van der Waals surface area contributed by atoms with Gasteiger partial charge in [0.2, 0.25) is 0 Å². The van der Waals surface area contributed by atoms with Crippen molar-refractivity contribution < 1.29 is 5.11 Å². The topological polar surface area (TPSA) is 44.0 Å². The van der Waals surface area contributed by atoms with Crippen LogP contribution >= 0.6 is 11.3 Å². The fraction of sp³-hybridized carbons (Fsp3) is 0.792. The normalized spacial score (nSPS) is 27.9. The Hall–Kier alpha value is -0.850. The zero-order chi connectivity index (χ0) is 19.3. The molecule has 3 unspecified atom stereocenters. The summed E-state index contributed by atoms with van der Waals surface area (Å²) in [6, 6.07) is 7.09. The van der Waals surface area contributed by atoms with E-state index in [1.54, 1.807) is 0 Å². The first-order chi connectivity index (χ1) is 13.1. The molecule has 1 N–H and O–H groups in total. The van der Waals surface area contributed by atoms with Gasteiger partial charge in [-0.05, 0) is 101 Å². The molecule has 4 atom stereocenters. The largest absolute Gasteiger partial charge is 0.393 e. The molecule has 1 aromatic rings. The van der Waals surface area contributed by atoms with Crippen LogP contribution in [0.1, 0.15) is 87.3 Å². The Bertz CT molecular complexity index is 621. The fourth-order valence-corrected chi connectivity index (χ4v) is 6.60. The van der Waals surface area contributed by atoms with Crippen LogP contribution in [0.25, 0.3) is 0 Å². The molecule has 1 aromatic heterocycles. The Morgan fingerprint density at radius 3 is 2.67 bits per heavy atom. The summed E-state index contributed by atoms with van der Waals surface area (Å²) in [6.45, 7) is 4.41. The number of rotatable bonds is 10. The highest BCUT2D eigenvalue weighted by Crippen LogP contribution is 2.48. The highest BCUT2D eigenvalue weighted by molar-refractivity contribution is 7.11. The van der Waals surface area contributed by atoms with Crippen LogP contribution in [-0.4, -0.2) is 11.2 Å². The van der Waals surface area contributed by atoms with Gasteiger partial charge < -0.3 is 5.11 Å². The average Bonchev–Trinajstić information content (AvgIpc) is 3.21. The van der Waals surface area contributed by atoms with Crippen LogP contribution in [0.4, 0.5) is 0 Å². The second kappa shape index (κ2) is 9.57. The van der Waals surface area contributed by atoms with Crippen molar-refractivity contribution in [3.63, 3.8) is 0 Å². The number of thiophene rings is 1. The lowest BCUT2D eigenvalue weighted by molar-refractivity contribution is -0.0438. The van der Waals surface area contributed by atoms with E-state index in [2.05, 4.69) is 32.0 Å². The molecule has 0 aliphatic heterocycles. The minimum absolute atomic E-state index is 0.126. The molecule has 0 radical (unpaired) electrons. The lowest BCUT2D eigenvalue weighted by atomic mass is 9.62. The zero-order valence-electron chi connectivity index (χ0n) is 17.3. The van der Waals surface area contributed by atoms with Gasteiger partial charge >= 0.3 is 0 Å². The van der Waals surface area contributed by atoms with E-state index in [0.29, 0.717) is 5.92 Å². The molecule has 0 spiro atoms. The minimum atomic E-state index is -0.126. The number of aliphatic hydroxyl groups excluding tert-OH is 1. The predicted octanol–water partition coefficient (Wildman–Crippen LogP) is 6.66. The lowest BCUT2D eigenvalue weighted by Gasteiger charge is -2.45. The fourth-order valence-electron chi connectivity index (χ4n) is 5.67. The Balaban J connectivity index is 1.44. The standard InChI is InChI=1S/C24H37NOS/c1-3-24(15-6-16-24)23(26)10-5-9-22-19(12-13-20(22)17-25)7-4-8-21-14-11-18(2)27-21/h11,14,19-20,22-23,26H,3-10,12-13,15-16H2,1-2H3/t19-,20?,22?,23?/m0/s1. The third kappa shape index (κ3) is 4.96. The SMILES string of the molecule is CCC1(C(O)CCCC2C(C#N)CC[C@@H]2CCCc2ccc(C)s2)CCC1. The molecule has 2 fully saturated rings. The Kier molecular flexibility index (Phi) is 7.40. The van der Waals surface area contributed by atoms with Gasteiger partial charge in [-0.1, -0.05) is 19.8 Å². The van der Waals surface area contributed by atoms with Gasteiger partial charge in [0.15, 0.2) is 0 Å². The molecule has 2 aliphatic carbocycles. The number of hydrogen-bond acceptors (Lipinski definition) is 3. The van der Waals surface area contributed by atoms with Crippen LogP contribution < -0.4 is 0 Å². The van der Waals surface area contributed by atoms with Crippen molar-refractivity contribution in [2.45, 2.75) is 97.0 Å². The third-order valence-corrected chi connectivity index (χ3v) is 8.77. The first-order valence-electron chi connectivity index (χ1n) is 11.2. The molecule has 0 aromatic carbocycles. The number of nitrogens with zero attached hydrogens (tertiary/aromatic N) is 1. The summed E-state index contributed by atoms with van der Waals surface area (Å²) in [5.41, 5.74) is 0.225. The highest BCUT2D eigenvalue weighted by Gasteiger charge is 2.41. The van der Waals surface area contributed by atoms with Gasteiger partial charge in [0.1, 0.15) is 0 Å². The molecule has 0 amide bonds. The predicted molar refractivity (Wildman–Crippen MR) is 114 cm³/mol. The van der Waals surface area contributed by atoms with Crippen LogP contribution in [-0.2, 0) is 6.42 Å². The summed E-state index contributed by atoms with van der Waals surface area (Å²) in [4.78, 5) is 2.91. The van der Waals surface area contributed by atoms with Crippen LogP contribution in [0, 0.1) is 41.4 Å². The first-order valence-corrected chi connectivity index (χ1v) is 12.0. The second-order valence-electron chi connectivity index (χ2n) is 9.16. The van der Waals surface area contributed by atoms with Gasteiger partial charge in [-0.25, -0.2) is 0 Å². The van der Waals surface area contributed by atoms with Crippen LogP contribution in [0.5, 0.6) is 0 Å². The van der Waals surface area contributed by atoms with Crippen molar-refractivity contribution in [2.24, 2.45) is 23.2 Å². The van der Waals surface area contributed by atoms with E-state index in [1.165, 1.54) is 54.7 Å². The van der Waals surface area contributed by atoms with Crippen molar-refractivity contribution in [3.05, 3.63) is 21.9 Å². The Labute approximate surface area is 170 Å². The molecule has 3 heteroatoms. The van der Waals surface area contributed by atoms with Crippen molar-refractivity contribution in [3.8, 4) is 6.07 Å². The summed E-state index contributed by atoms with van der Waals surface area (Å²) in [5, 5.41) is 20.3. The van der Waals surface area contributed by atoms with E-state index in [-0.39, 0.29) is 17.4 Å². The number of aliphatic hydroxyl groups is 1. The maximum Gasteiger partial charge on any atom is 0.0658 e. The molecular formula is C24H37NOS. The molecule has 2 aliphatic rings. The molecule has 27 heavy (non-hydrogen) atoms. The maximum atomic E-state index is 10.7. The van der Waals surface area contributed by atoms with Crippen molar-refractivity contribution in [1.29, 1.82) is 5.26 Å². The van der Waals surface area contributed by atoms with E-state index < -0.39 is 0 Å². The smallest absolute Gasteiger partial charge is 0.0658 e. The highest BCUT2D eigenvalue weighted by atomic mass is 32.1. The number of hydrogen-bond donors (Lipinski definition) is 1. The van der Waals surface area contributed by atoms with Crippen LogP contribution in [0.2, 0.25) is 0 Å². The average molecular weight is 388 g/mol. The molecular weight excluding hydrogens is 350 g/mol. The van der Waals surface area contributed by atoms with Gasteiger partial charge in [0.25, 0.3) is 0 Å². The lowest BCUT2D eigenvalue weighted by Crippen LogP contribution is -2.40. The van der Waals surface area contributed by atoms with Crippen LogP contribution in [0.15, 0.2) is 12.1 Å². The van der Waals surface area contributed by atoms with Gasteiger partial charge in [-0.2, -0.15) is 5.26 Å². The zero-order valence-corrected chi connectivity index (χ0v) is 18.1. The minimum Gasteiger partial charge on any atom is -0.393 e. The molecule has 0 bridgehead atoms. The second-order valence-corrected chi connectivity index (χ2v) is 10.5. The number of aryl methyl sites for hydroxylation is 2. The summed E-state index contributed by atoms with van der Waals surface area (Å²) in [5.74, 6) is 1.53. The van der Waals surface area contributed by atoms with Crippen molar-refractivity contribution in [1.82, 2.24) is 0 Å². The van der Waals surface area contributed by atoms with Crippen molar-refractivity contribution in [2.75, 3.05) is 0 Å². The first kappa shape index (κ1) is 20.9. The molecule has 1 heterocycles. The quantitative estimate of drug-likeness (QED) is 0.488. The van der Waals surface area contributed by atoms with E-state index in [9.17, 15) is 10.4 Å². The molecule has 2 saturated carbocycles. The molecule has 2 nitrogen and oxygen atoms in total. The van der Waals surface area contributed by atoms with E-state index >= 15 is 0 Å². The summed E-state index contributed by atoms with van der Waals surface area (Å²) in [7, 11) is 0. The van der Waals surface area contributed by atoms with E-state index in [1.807, 2.05) is 11.3 Å². The Morgan fingerprint density at radius 2 is 2.07 bits per heavy atom. The molecule has 3 rings (SSSR count). The van der Waals surface area contributed by atoms with E-state index in [0.717, 1.165) is 38.0 Å². The summed E-state index contributed by atoms with van der Waals surface area (Å²) in [6.07, 6.45) is 13.9. The van der Waals surface area contributed by atoms with Gasteiger partial charge in [-0.3, -0.25) is 0 Å². The summed E-state index contributed by atoms with van der Waals surface area (Å²) >= 11 is 1.93. The monoisotopic (exact) mass is 387 g/mol. The van der Waals surface area contributed by atoms with Gasteiger partial charge in [0.05, 0.1) is 12.2 Å². The number of nitriles is 1. The maximum absolute atomic E-state index is 10.7. The van der Waals surface area contributed by atoms with E-state index in [4.69, 9.17) is 0 Å². The molecule has 150 valence electrons. The van der Waals surface area contributed by atoms with Gasteiger partial charge in [0, 0.05) is 15.7 Å². The van der Waals surface area contributed by atoms with Crippen LogP contribution in [0.3, 0.4) is 0 Å². The molecule has 0 saturated heterocycles. The van der Waals surface area contributed by atoms with Gasteiger partial charge in [-0.15, -0.1) is 11.3 Å². The third-order valence-electron chi connectivity index (χ3n) is 7.71. The van der Waals surface area contributed by atoms with Crippen molar-refractivity contribution >= 4 is 11.3 Å². The summed E-state index contributed by atoms with van der Waals surface area (Å²) < 4.78 is 0. The Morgan fingerprint density at radius 1 is 1.26 bits per heavy atom.